The fraction of sp³-hybridized carbons (Fsp3) is 0.231. The van der Waals surface area contributed by atoms with E-state index in [2.05, 4.69) is 25.9 Å². The summed E-state index contributed by atoms with van der Waals surface area (Å²) in [5, 5.41) is 11.4. The molecule has 9 heteroatoms. The summed E-state index contributed by atoms with van der Waals surface area (Å²) in [5.74, 6) is 0.228. The molecular weight excluding hydrogens is 374 g/mol. The molecule has 0 spiro atoms. The highest BCUT2D eigenvalue weighted by Crippen LogP contribution is 2.33. The predicted molar refractivity (Wildman–Crippen MR) is 87.0 cm³/mol. The zero-order chi connectivity index (χ0) is 15.9. The highest BCUT2D eigenvalue weighted by molar-refractivity contribution is 9.10. The van der Waals surface area contributed by atoms with Crippen molar-refractivity contribution >= 4 is 45.0 Å². The molecule has 0 atom stereocenters. The topological polar surface area (TPSA) is 98.2 Å². The summed E-state index contributed by atoms with van der Waals surface area (Å²) in [7, 11) is 0. The minimum Gasteiger partial charge on any atom is -0.378 e. The number of aromatic nitrogens is 2. The van der Waals surface area contributed by atoms with E-state index in [1.165, 1.54) is 5.56 Å². The van der Waals surface area contributed by atoms with Gasteiger partial charge in [-0.3, -0.25) is 10.1 Å². The average molecular weight is 385 g/mol. The number of nitrogens with two attached hydrogens (primary N) is 1. The van der Waals surface area contributed by atoms with Crippen molar-refractivity contribution in [1.82, 2.24) is 9.97 Å². The second kappa shape index (κ2) is 5.69. The molecule has 0 aliphatic carbocycles. The molecule has 0 saturated carbocycles. The Balaban J connectivity index is 1.93. The lowest BCUT2D eigenvalue weighted by Crippen LogP contribution is -2.32. The van der Waals surface area contributed by atoms with Crippen LogP contribution in [0.25, 0.3) is 0 Å². The van der Waals surface area contributed by atoms with Gasteiger partial charge in [0.15, 0.2) is 0 Å². The molecule has 3 rings (SSSR count). The molecule has 1 aromatic heterocycles. The summed E-state index contributed by atoms with van der Waals surface area (Å²) in [6.07, 6.45) is 1.91. The van der Waals surface area contributed by atoms with Gasteiger partial charge in [-0.25, -0.2) is 4.98 Å². The molecule has 1 aliphatic rings. The van der Waals surface area contributed by atoms with Crippen molar-refractivity contribution in [3.05, 3.63) is 49.1 Å². The molecule has 7 nitrogen and oxygen atoms in total. The van der Waals surface area contributed by atoms with Crippen LogP contribution in [0.2, 0.25) is 5.02 Å². The lowest BCUT2D eigenvalue weighted by molar-refractivity contribution is -0.384. The molecule has 22 heavy (non-hydrogen) atoms. The van der Waals surface area contributed by atoms with Gasteiger partial charge >= 0.3 is 5.69 Å². The van der Waals surface area contributed by atoms with Gasteiger partial charge in [-0.2, -0.15) is 4.98 Å². The van der Waals surface area contributed by atoms with Crippen molar-refractivity contribution in [3.63, 3.8) is 0 Å². The number of benzene rings is 1. The summed E-state index contributed by atoms with van der Waals surface area (Å²) in [6, 6.07) is 3.76. The second-order valence-corrected chi connectivity index (χ2v) is 6.12. The molecular formula is C13H11BrClN5O2. The third kappa shape index (κ3) is 2.59. The molecule has 114 valence electrons. The third-order valence-electron chi connectivity index (χ3n) is 3.56. The van der Waals surface area contributed by atoms with Crippen molar-refractivity contribution in [1.29, 1.82) is 0 Å². The van der Waals surface area contributed by atoms with Gasteiger partial charge in [-0.15, -0.1) is 0 Å². The Hall–Kier alpha value is -1.93. The van der Waals surface area contributed by atoms with E-state index >= 15 is 0 Å². The monoisotopic (exact) mass is 383 g/mol. The van der Waals surface area contributed by atoms with Gasteiger partial charge in [0.2, 0.25) is 11.8 Å². The number of halogens is 2. The zero-order valence-corrected chi connectivity index (χ0v) is 13.6. The number of anilines is 2. The molecule has 2 aromatic rings. The molecule has 1 aromatic carbocycles. The van der Waals surface area contributed by atoms with E-state index in [1.54, 1.807) is 0 Å². The maximum absolute atomic E-state index is 10.8. The molecule has 1 aliphatic heterocycles. The minimum atomic E-state index is -0.599. The van der Waals surface area contributed by atoms with Crippen LogP contribution in [-0.4, -0.2) is 21.4 Å². The number of hydrogen-bond donors (Lipinski definition) is 1. The summed E-state index contributed by atoms with van der Waals surface area (Å²) in [4.78, 5) is 20.2. The normalized spacial score (nSPS) is 13.8. The van der Waals surface area contributed by atoms with Crippen LogP contribution >= 0.6 is 27.5 Å². The van der Waals surface area contributed by atoms with Crippen LogP contribution in [0.5, 0.6) is 0 Å². The first-order valence-electron chi connectivity index (χ1n) is 6.45. The molecule has 2 heterocycles. The van der Waals surface area contributed by atoms with Crippen molar-refractivity contribution in [2.24, 2.45) is 0 Å². The van der Waals surface area contributed by atoms with Crippen molar-refractivity contribution in [3.8, 4) is 0 Å². The van der Waals surface area contributed by atoms with E-state index in [0.29, 0.717) is 24.1 Å². The number of fused-ring (bicyclic) bond motifs is 1. The number of hydrogen-bond acceptors (Lipinski definition) is 6. The molecule has 0 radical (unpaired) electrons. The third-order valence-corrected chi connectivity index (χ3v) is 4.66. The fourth-order valence-electron chi connectivity index (χ4n) is 2.44. The Morgan fingerprint density at radius 1 is 1.41 bits per heavy atom. The highest BCUT2D eigenvalue weighted by atomic mass is 79.9. The van der Waals surface area contributed by atoms with Gasteiger partial charge in [0.25, 0.3) is 0 Å². The van der Waals surface area contributed by atoms with Crippen LogP contribution in [-0.2, 0) is 13.0 Å². The van der Waals surface area contributed by atoms with Gasteiger partial charge in [0, 0.05) is 22.6 Å². The van der Waals surface area contributed by atoms with Gasteiger partial charge < -0.3 is 10.6 Å². The smallest absolute Gasteiger partial charge is 0.329 e. The van der Waals surface area contributed by atoms with Crippen LogP contribution in [0.15, 0.2) is 22.8 Å². The summed E-state index contributed by atoms with van der Waals surface area (Å²) in [5.41, 5.74) is 7.50. The van der Waals surface area contributed by atoms with Crippen LogP contribution in [0, 0.1) is 10.1 Å². The highest BCUT2D eigenvalue weighted by Gasteiger charge is 2.24. The first-order valence-corrected chi connectivity index (χ1v) is 7.62. The summed E-state index contributed by atoms with van der Waals surface area (Å²) < 4.78 is 1.02. The maximum Gasteiger partial charge on any atom is 0.329 e. The second-order valence-electron chi connectivity index (χ2n) is 4.86. The quantitative estimate of drug-likeness (QED) is 0.631. The molecule has 2 N–H and O–H groups in total. The number of nitro groups is 1. The molecule has 0 bridgehead atoms. The lowest BCUT2D eigenvalue weighted by atomic mass is 10.00. The van der Waals surface area contributed by atoms with Crippen molar-refractivity contribution in [2.75, 3.05) is 17.2 Å². The Bertz CT molecular complexity index is 770. The first kappa shape index (κ1) is 15.0. The first-order chi connectivity index (χ1) is 10.5. The Morgan fingerprint density at radius 2 is 2.18 bits per heavy atom. The van der Waals surface area contributed by atoms with Crippen LogP contribution in [0.4, 0.5) is 17.5 Å². The average Bonchev–Trinajstić information content (AvgIpc) is 2.50. The van der Waals surface area contributed by atoms with Crippen molar-refractivity contribution in [2.45, 2.75) is 13.0 Å². The Labute approximate surface area is 139 Å². The standard InChI is InChI=1S/C13H11BrClN5O2/c14-9-1-2-10(15)8-6-19(4-3-7(8)9)13-17-5-11(20(21)22)12(16)18-13/h1-2,5H,3-4,6H2,(H2,16,17,18). The van der Waals surface area contributed by atoms with E-state index in [-0.39, 0.29) is 11.5 Å². The van der Waals surface area contributed by atoms with Gasteiger partial charge in [-0.05, 0) is 29.7 Å². The fourth-order valence-corrected chi connectivity index (χ4v) is 3.24. The molecule has 0 saturated heterocycles. The SMILES string of the molecule is Nc1nc(N2CCc3c(Br)ccc(Cl)c3C2)ncc1[N+](=O)[O-]. The molecule has 0 fully saturated rings. The van der Waals surface area contributed by atoms with Gasteiger partial charge in [-0.1, -0.05) is 27.5 Å². The summed E-state index contributed by atoms with van der Waals surface area (Å²) in [6.45, 7) is 1.22. The largest absolute Gasteiger partial charge is 0.378 e. The van der Waals surface area contributed by atoms with Crippen LogP contribution in [0.1, 0.15) is 11.1 Å². The van der Waals surface area contributed by atoms with E-state index in [1.807, 2.05) is 17.0 Å². The lowest BCUT2D eigenvalue weighted by Gasteiger charge is -2.30. The minimum absolute atomic E-state index is 0.138. The van der Waals surface area contributed by atoms with Crippen LogP contribution < -0.4 is 10.6 Å². The number of nitrogen functional groups attached to an aromatic ring is 1. The van der Waals surface area contributed by atoms with E-state index in [9.17, 15) is 10.1 Å². The van der Waals surface area contributed by atoms with Gasteiger partial charge in [0.05, 0.1) is 4.92 Å². The maximum atomic E-state index is 10.8. The van der Waals surface area contributed by atoms with E-state index < -0.39 is 4.92 Å². The van der Waals surface area contributed by atoms with E-state index in [0.717, 1.165) is 22.7 Å². The molecule has 0 amide bonds. The molecule has 0 unspecified atom stereocenters. The number of nitrogens with zero attached hydrogens (tertiary/aromatic N) is 4. The van der Waals surface area contributed by atoms with E-state index in [4.69, 9.17) is 17.3 Å². The Morgan fingerprint density at radius 3 is 2.86 bits per heavy atom. The predicted octanol–water partition coefficient (Wildman–Crippen LogP) is 2.95. The van der Waals surface area contributed by atoms with Gasteiger partial charge in [0.1, 0.15) is 6.20 Å². The summed E-state index contributed by atoms with van der Waals surface area (Å²) >= 11 is 9.79. The Kier molecular flexibility index (Phi) is 3.88. The van der Waals surface area contributed by atoms with Crippen LogP contribution in [0.3, 0.4) is 0 Å². The zero-order valence-electron chi connectivity index (χ0n) is 11.3. The van der Waals surface area contributed by atoms with Crippen molar-refractivity contribution < 1.29 is 4.92 Å². The number of rotatable bonds is 2.